The molecule has 3 heteroatoms. The third-order valence-electron chi connectivity index (χ3n) is 3.78. The van der Waals surface area contributed by atoms with Crippen LogP contribution in [0.5, 0.6) is 0 Å². The van der Waals surface area contributed by atoms with Crippen LogP contribution in [0.4, 0.5) is 0 Å². The number of hydrogen-bond donors (Lipinski definition) is 1. The van der Waals surface area contributed by atoms with E-state index in [1.54, 1.807) is 0 Å². The van der Waals surface area contributed by atoms with Crippen LogP contribution in [-0.2, 0) is 6.54 Å². The molecule has 0 aliphatic heterocycles. The topological polar surface area (TPSA) is 24.9 Å². The van der Waals surface area contributed by atoms with E-state index < -0.39 is 0 Å². The molecule has 0 spiro atoms. The lowest BCUT2D eigenvalue weighted by atomic mass is 10.1. The summed E-state index contributed by atoms with van der Waals surface area (Å²) in [5.74, 6) is 0.724. The fraction of sp³-hybridized carbons (Fsp3) is 0.471. The van der Waals surface area contributed by atoms with Crippen molar-refractivity contribution < 1.29 is 0 Å². The predicted octanol–water partition coefficient (Wildman–Crippen LogP) is 4.50. The first-order valence-electron chi connectivity index (χ1n) is 7.56. The molecule has 1 fully saturated rings. The molecule has 1 aromatic carbocycles. The minimum absolute atomic E-state index is 0.724. The number of hydrogen-bond acceptors (Lipinski definition) is 3. The van der Waals surface area contributed by atoms with Crippen molar-refractivity contribution in [1.29, 1.82) is 0 Å². The maximum absolute atomic E-state index is 4.96. The zero-order chi connectivity index (χ0) is 13.9. The third kappa shape index (κ3) is 2.94. The maximum Gasteiger partial charge on any atom is 0.124 e. The minimum Gasteiger partial charge on any atom is -0.312 e. The van der Waals surface area contributed by atoms with E-state index >= 15 is 0 Å². The van der Waals surface area contributed by atoms with Gasteiger partial charge in [-0.3, -0.25) is 0 Å². The van der Waals surface area contributed by atoms with Crippen molar-refractivity contribution in [2.24, 2.45) is 0 Å². The molecule has 1 aliphatic rings. The van der Waals surface area contributed by atoms with Gasteiger partial charge in [0.15, 0.2) is 0 Å². The van der Waals surface area contributed by atoms with E-state index in [9.17, 15) is 0 Å². The number of nitrogens with one attached hydrogen (secondary N) is 1. The van der Waals surface area contributed by atoms with Gasteiger partial charge in [-0.25, -0.2) is 4.98 Å². The quantitative estimate of drug-likeness (QED) is 0.791. The lowest BCUT2D eigenvalue weighted by Gasteiger charge is -2.02. The standard InChI is InChI=1S/C17H22N2S/c1-3-10-18-11-15-16(13-8-9-13)19-17(20-15)14-7-5-4-6-12(14)2/h4-7,13,18H,3,8-11H2,1-2H3. The molecule has 1 N–H and O–H groups in total. The normalized spacial score (nSPS) is 14.7. The molecule has 1 saturated carbocycles. The monoisotopic (exact) mass is 286 g/mol. The molecule has 0 radical (unpaired) electrons. The first kappa shape index (κ1) is 13.8. The van der Waals surface area contributed by atoms with Crippen LogP contribution in [0.15, 0.2) is 24.3 Å². The van der Waals surface area contributed by atoms with Crippen molar-refractivity contribution in [3.63, 3.8) is 0 Å². The highest BCUT2D eigenvalue weighted by molar-refractivity contribution is 7.15. The molecular weight excluding hydrogens is 264 g/mol. The van der Waals surface area contributed by atoms with Gasteiger partial charge in [0.25, 0.3) is 0 Å². The summed E-state index contributed by atoms with van der Waals surface area (Å²) in [6, 6.07) is 8.56. The molecule has 2 aromatic rings. The molecule has 2 nitrogen and oxygen atoms in total. The van der Waals surface area contributed by atoms with Gasteiger partial charge in [-0.2, -0.15) is 0 Å². The Bertz CT molecular complexity index is 584. The number of aromatic nitrogens is 1. The maximum atomic E-state index is 4.96. The second kappa shape index (κ2) is 6.06. The van der Waals surface area contributed by atoms with Crippen LogP contribution < -0.4 is 5.32 Å². The Hall–Kier alpha value is -1.19. The zero-order valence-electron chi connectivity index (χ0n) is 12.3. The van der Waals surface area contributed by atoms with Crippen LogP contribution in [0, 0.1) is 6.92 Å². The fourth-order valence-corrected chi connectivity index (χ4v) is 3.68. The van der Waals surface area contributed by atoms with Crippen LogP contribution in [-0.4, -0.2) is 11.5 Å². The first-order chi connectivity index (χ1) is 9.79. The lowest BCUT2D eigenvalue weighted by molar-refractivity contribution is 0.676. The van der Waals surface area contributed by atoms with Gasteiger partial charge in [-0.15, -0.1) is 11.3 Å². The van der Waals surface area contributed by atoms with E-state index in [0.717, 1.165) is 19.0 Å². The molecule has 1 aliphatic carbocycles. The average Bonchev–Trinajstić information content (AvgIpc) is 3.21. The van der Waals surface area contributed by atoms with Gasteiger partial charge in [-0.1, -0.05) is 31.2 Å². The zero-order valence-corrected chi connectivity index (χ0v) is 13.1. The van der Waals surface area contributed by atoms with E-state index in [4.69, 9.17) is 4.98 Å². The predicted molar refractivity (Wildman–Crippen MR) is 86.3 cm³/mol. The summed E-state index contributed by atoms with van der Waals surface area (Å²) in [5.41, 5.74) is 3.97. The van der Waals surface area contributed by atoms with Crippen LogP contribution in [0.1, 0.15) is 48.2 Å². The Morgan fingerprint density at radius 2 is 2.10 bits per heavy atom. The number of nitrogens with zero attached hydrogens (tertiary/aromatic N) is 1. The summed E-state index contributed by atoms with van der Waals surface area (Å²) in [6.45, 7) is 6.44. The fourth-order valence-electron chi connectivity index (χ4n) is 2.47. The molecule has 20 heavy (non-hydrogen) atoms. The number of thiazole rings is 1. The number of aryl methyl sites for hydroxylation is 1. The second-order valence-electron chi connectivity index (χ2n) is 5.59. The lowest BCUT2D eigenvalue weighted by Crippen LogP contribution is -2.13. The molecule has 0 bridgehead atoms. The second-order valence-corrected chi connectivity index (χ2v) is 6.68. The molecule has 1 heterocycles. The van der Waals surface area contributed by atoms with Crippen molar-refractivity contribution in [3.05, 3.63) is 40.4 Å². The van der Waals surface area contributed by atoms with E-state index in [-0.39, 0.29) is 0 Å². The highest BCUT2D eigenvalue weighted by atomic mass is 32.1. The molecule has 0 amide bonds. The van der Waals surface area contributed by atoms with Gasteiger partial charge in [-0.05, 0) is 38.3 Å². The highest BCUT2D eigenvalue weighted by Crippen LogP contribution is 2.44. The van der Waals surface area contributed by atoms with Crippen molar-refractivity contribution >= 4 is 11.3 Å². The smallest absolute Gasteiger partial charge is 0.124 e. The van der Waals surface area contributed by atoms with Gasteiger partial charge in [0, 0.05) is 22.9 Å². The van der Waals surface area contributed by atoms with Crippen molar-refractivity contribution in [2.45, 2.75) is 45.6 Å². The molecule has 0 atom stereocenters. The SMILES string of the molecule is CCCNCc1sc(-c2ccccc2C)nc1C1CC1. The first-order valence-corrected chi connectivity index (χ1v) is 8.37. The van der Waals surface area contributed by atoms with Crippen LogP contribution >= 0.6 is 11.3 Å². The van der Waals surface area contributed by atoms with Gasteiger partial charge >= 0.3 is 0 Å². The summed E-state index contributed by atoms with van der Waals surface area (Å²) in [6.07, 6.45) is 3.82. The molecule has 0 unspecified atom stereocenters. The van der Waals surface area contributed by atoms with E-state index in [1.807, 2.05) is 11.3 Å². The molecule has 0 saturated heterocycles. The Labute approximate surface area is 125 Å². The van der Waals surface area contributed by atoms with Gasteiger partial charge < -0.3 is 5.32 Å². The van der Waals surface area contributed by atoms with E-state index in [0.29, 0.717) is 0 Å². The van der Waals surface area contributed by atoms with E-state index in [1.165, 1.54) is 46.0 Å². The molecule has 1 aromatic heterocycles. The Morgan fingerprint density at radius 1 is 1.30 bits per heavy atom. The number of benzene rings is 1. The van der Waals surface area contributed by atoms with Crippen molar-refractivity contribution in [1.82, 2.24) is 10.3 Å². The summed E-state index contributed by atoms with van der Waals surface area (Å²) in [7, 11) is 0. The Balaban J connectivity index is 1.89. The Kier molecular flexibility index (Phi) is 4.18. The van der Waals surface area contributed by atoms with Crippen molar-refractivity contribution in [3.8, 4) is 10.6 Å². The number of rotatable bonds is 6. The summed E-state index contributed by atoms with van der Waals surface area (Å²) in [5, 5.41) is 4.72. The summed E-state index contributed by atoms with van der Waals surface area (Å²) >= 11 is 1.87. The van der Waals surface area contributed by atoms with Gasteiger partial charge in [0.2, 0.25) is 0 Å². The molecular formula is C17H22N2S. The van der Waals surface area contributed by atoms with Crippen LogP contribution in [0.2, 0.25) is 0 Å². The van der Waals surface area contributed by atoms with Crippen LogP contribution in [0.3, 0.4) is 0 Å². The largest absolute Gasteiger partial charge is 0.312 e. The third-order valence-corrected chi connectivity index (χ3v) is 4.88. The average molecular weight is 286 g/mol. The van der Waals surface area contributed by atoms with Crippen LogP contribution in [0.25, 0.3) is 10.6 Å². The van der Waals surface area contributed by atoms with Gasteiger partial charge in [0.1, 0.15) is 5.01 Å². The minimum atomic E-state index is 0.724. The van der Waals surface area contributed by atoms with Gasteiger partial charge in [0.05, 0.1) is 5.69 Å². The molecule has 3 rings (SSSR count). The summed E-state index contributed by atoms with van der Waals surface area (Å²) < 4.78 is 0. The Morgan fingerprint density at radius 3 is 2.80 bits per heavy atom. The van der Waals surface area contributed by atoms with Crippen molar-refractivity contribution in [2.75, 3.05) is 6.54 Å². The highest BCUT2D eigenvalue weighted by Gasteiger charge is 2.29. The molecule has 106 valence electrons. The van der Waals surface area contributed by atoms with E-state index in [2.05, 4.69) is 43.4 Å². The summed E-state index contributed by atoms with van der Waals surface area (Å²) in [4.78, 5) is 6.40.